The Balaban J connectivity index is 1.52. The third-order valence-corrected chi connectivity index (χ3v) is 6.80. The summed E-state index contributed by atoms with van der Waals surface area (Å²) in [5.41, 5.74) is 4.31. The van der Waals surface area contributed by atoms with E-state index in [4.69, 9.17) is 0 Å². The van der Waals surface area contributed by atoms with Gasteiger partial charge in [-0.1, -0.05) is 54.6 Å². The van der Waals surface area contributed by atoms with Crippen molar-refractivity contribution in [2.24, 2.45) is 0 Å². The lowest BCUT2D eigenvalue weighted by Gasteiger charge is -2.18. The van der Waals surface area contributed by atoms with E-state index in [0.29, 0.717) is 22.6 Å². The van der Waals surface area contributed by atoms with Crippen LogP contribution in [0, 0.1) is 6.92 Å². The quantitative estimate of drug-likeness (QED) is 0.231. The topological polar surface area (TPSA) is 87.3 Å². The molecule has 0 radical (unpaired) electrons. The number of carbonyl (C=O) groups excluding carboxylic acids is 3. The molecule has 4 aromatic rings. The van der Waals surface area contributed by atoms with Gasteiger partial charge in [-0.05, 0) is 66.6 Å². The van der Waals surface area contributed by atoms with Crippen LogP contribution in [0.1, 0.15) is 33.7 Å². The third kappa shape index (κ3) is 7.08. The molecule has 0 bridgehead atoms. The lowest BCUT2D eigenvalue weighted by molar-refractivity contribution is -0.116. The standard InChI is InChI=1S/C30H27N3O3S/c1-20-9-6-7-14-27(20)29(35)33-25-12-8-13-26(19-25)37-28(22-10-4-3-5-11-22)30(36)32-24-17-15-23(16-18-24)31-21(2)34/h3-19,28H,1-2H3,(H,31,34)(H,32,36)(H,33,35). The van der Waals surface area contributed by atoms with Gasteiger partial charge in [0.25, 0.3) is 5.91 Å². The highest BCUT2D eigenvalue weighted by Gasteiger charge is 2.22. The van der Waals surface area contributed by atoms with Crippen molar-refractivity contribution in [2.75, 3.05) is 16.0 Å². The molecule has 186 valence electrons. The minimum atomic E-state index is -0.529. The second-order valence-corrected chi connectivity index (χ2v) is 9.63. The summed E-state index contributed by atoms with van der Waals surface area (Å²) in [6.07, 6.45) is 0. The van der Waals surface area contributed by atoms with E-state index < -0.39 is 5.25 Å². The Bertz CT molecular complexity index is 1410. The molecular formula is C30H27N3O3S. The van der Waals surface area contributed by atoms with E-state index in [2.05, 4.69) is 16.0 Å². The molecule has 0 aliphatic heterocycles. The van der Waals surface area contributed by atoms with Crippen LogP contribution in [0.15, 0.2) is 108 Å². The van der Waals surface area contributed by atoms with Crippen molar-refractivity contribution in [1.82, 2.24) is 0 Å². The van der Waals surface area contributed by atoms with Crippen molar-refractivity contribution in [1.29, 1.82) is 0 Å². The van der Waals surface area contributed by atoms with Crippen LogP contribution in [0.5, 0.6) is 0 Å². The Morgan fingerprint density at radius 3 is 2.00 bits per heavy atom. The number of hydrogen-bond acceptors (Lipinski definition) is 4. The Kier molecular flexibility index (Phi) is 8.38. The van der Waals surface area contributed by atoms with Gasteiger partial charge in [-0.15, -0.1) is 11.8 Å². The van der Waals surface area contributed by atoms with Crippen LogP contribution in [0.25, 0.3) is 0 Å². The summed E-state index contributed by atoms with van der Waals surface area (Å²) < 4.78 is 0. The molecule has 6 nitrogen and oxygen atoms in total. The molecule has 0 aromatic heterocycles. The fourth-order valence-corrected chi connectivity index (χ4v) is 4.84. The minimum Gasteiger partial charge on any atom is -0.326 e. The maximum Gasteiger partial charge on any atom is 0.255 e. The number of amides is 3. The Hall–Kier alpha value is -4.36. The maximum atomic E-state index is 13.4. The fourth-order valence-electron chi connectivity index (χ4n) is 3.76. The monoisotopic (exact) mass is 509 g/mol. The van der Waals surface area contributed by atoms with Crippen LogP contribution >= 0.6 is 11.8 Å². The van der Waals surface area contributed by atoms with Crippen molar-refractivity contribution >= 4 is 46.5 Å². The van der Waals surface area contributed by atoms with Crippen molar-refractivity contribution in [3.05, 3.63) is 120 Å². The summed E-state index contributed by atoms with van der Waals surface area (Å²) in [4.78, 5) is 38.3. The molecule has 0 fully saturated rings. The lowest BCUT2D eigenvalue weighted by atomic mass is 10.1. The van der Waals surface area contributed by atoms with E-state index in [1.54, 1.807) is 30.3 Å². The van der Waals surface area contributed by atoms with Crippen LogP contribution in [-0.2, 0) is 9.59 Å². The lowest BCUT2D eigenvalue weighted by Crippen LogP contribution is -2.19. The van der Waals surface area contributed by atoms with Crippen LogP contribution in [-0.4, -0.2) is 17.7 Å². The van der Waals surface area contributed by atoms with Crippen LogP contribution in [0.3, 0.4) is 0 Å². The third-order valence-electron chi connectivity index (χ3n) is 5.55. The molecule has 37 heavy (non-hydrogen) atoms. The second kappa shape index (κ2) is 12.1. The van der Waals surface area contributed by atoms with Gasteiger partial charge in [-0.2, -0.15) is 0 Å². The van der Waals surface area contributed by atoms with E-state index in [1.807, 2.05) is 79.7 Å². The normalized spacial score (nSPS) is 11.3. The zero-order valence-electron chi connectivity index (χ0n) is 20.5. The molecule has 0 aliphatic carbocycles. The highest BCUT2D eigenvalue weighted by Crippen LogP contribution is 2.37. The zero-order valence-corrected chi connectivity index (χ0v) is 21.3. The molecule has 7 heteroatoms. The summed E-state index contributed by atoms with van der Waals surface area (Å²) in [5.74, 6) is -0.521. The smallest absolute Gasteiger partial charge is 0.255 e. The van der Waals surface area contributed by atoms with Gasteiger partial charge in [-0.3, -0.25) is 14.4 Å². The average molecular weight is 510 g/mol. The van der Waals surface area contributed by atoms with Crippen molar-refractivity contribution in [3.8, 4) is 0 Å². The number of carbonyl (C=O) groups is 3. The zero-order chi connectivity index (χ0) is 26.2. The SMILES string of the molecule is CC(=O)Nc1ccc(NC(=O)C(Sc2cccc(NC(=O)c3ccccc3C)c2)c2ccccc2)cc1. The van der Waals surface area contributed by atoms with Crippen LogP contribution < -0.4 is 16.0 Å². The van der Waals surface area contributed by atoms with Gasteiger partial charge in [0.05, 0.1) is 0 Å². The largest absolute Gasteiger partial charge is 0.326 e. The van der Waals surface area contributed by atoms with Gasteiger partial charge < -0.3 is 16.0 Å². The molecule has 4 aromatic carbocycles. The molecule has 0 spiro atoms. The summed E-state index contributed by atoms with van der Waals surface area (Å²) in [7, 11) is 0. The van der Waals surface area contributed by atoms with Gasteiger partial charge in [0.2, 0.25) is 11.8 Å². The van der Waals surface area contributed by atoms with E-state index in [9.17, 15) is 14.4 Å². The summed E-state index contributed by atoms with van der Waals surface area (Å²) in [6, 6.07) is 31.4. The Labute approximate surface area is 220 Å². The van der Waals surface area contributed by atoms with Gasteiger partial charge in [0.1, 0.15) is 5.25 Å². The summed E-state index contributed by atoms with van der Waals surface area (Å²) in [5, 5.41) is 8.12. The highest BCUT2D eigenvalue weighted by atomic mass is 32.2. The number of anilines is 3. The molecule has 1 unspecified atom stereocenters. The number of aryl methyl sites for hydroxylation is 1. The summed E-state index contributed by atoms with van der Waals surface area (Å²) in [6.45, 7) is 3.35. The van der Waals surface area contributed by atoms with Gasteiger partial charge >= 0.3 is 0 Å². The number of nitrogens with one attached hydrogen (secondary N) is 3. The van der Waals surface area contributed by atoms with E-state index >= 15 is 0 Å². The number of rotatable bonds is 8. The molecule has 0 saturated carbocycles. The first kappa shape index (κ1) is 25.7. The van der Waals surface area contributed by atoms with Gasteiger partial charge in [0, 0.05) is 34.4 Å². The molecule has 0 saturated heterocycles. The van der Waals surface area contributed by atoms with Crippen molar-refractivity contribution in [3.63, 3.8) is 0 Å². The van der Waals surface area contributed by atoms with Crippen LogP contribution in [0.4, 0.5) is 17.1 Å². The molecule has 4 rings (SSSR count). The first-order chi connectivity index (χ1) is 17.9. The van der Waals surface area contributed by atoms with E-state index in [-0.39, 0.29) is 17.7 Å². The Morgan fingerprint density at radius 1 is 0.676 bits per heavy atom. The second-order valence-electron chi connectivity index (χ2n) is 8.45. The predicted octanol–water partition coefficient (Wildman–Crippen LogP) is 6.68. The Morgan fingerprint density at radius 2 is 1.32 bits per heavy atom. The predicted molar refractivity (Wildman–Crippen MR) is 150 cm³/mol. The molecule has 3 amide bonds. The number of hydrogen-bond donors (Lipinski definition) is 3. The molecule has 0 aliphatic rings. The first-order valence-electron chi connectivity index (χ1n) is 11.8. The summed E-state index contributed by atoms with van der Waals surface area (Å²) >= 11 is 1.40. The molecule has 0 heterocycles. The van der Waals surface area contributed by atoms with Crippen LogP contribution in [0.2, 0.25) is 0 Å². The maximum absolute atomic E-state index is 13.4. The van der Waals surface area contributed by atoms with Gasteiger partial charge in [0.15, 0.2) is 0 Å². The molecule has 1 atom stereocenters. The number of thioether (sulfide) groups is 1. The van der Waals surface area contributed by atoms with E-state index in [1.165, 1.54) is 18.7 Å². The minimum absolute atomic E-state index is 0.158. The number of benzene rings is 4. The van der Waals surface area contributed by atoms with E-state index in [0.717, 1.165) is 16.0 Å². The average Bonchev–Trinajstić information content (AvgIpc) is 2.89. The first-order valence-corrected chi connectivity index (χ1v) is 12.6. The fraction of sp³-hybridized carbons (Fsp3) is 0.100. The van der Waals surface area contributed by atoms with Gasteiger partial charge in [-0.25, -0.2) is 0 Å². The molecule has 3 N–H and O–H groups in total. The highest BCUT2D eigenvalue weighted by molar-refractivity contribution is 8.00. The van der Waals surface area contributed by atoms with Crippen molar-refractivity contribution < 1.29 is 14.4 Å². The van der Waals surface area contributed by atoms with Crippen molar-refractivity contribution in [2.45, 2.75) is 24.0 Å². The molecular weight excluding hydrogens is 482 g/mol.